The van der Waals surface area contributed by atoms with E-state index in [2.05, 4.69) is 16.7 Å². The van der Waals surface area contributed by atoms with E-state index in [1.54, 1.807) is 49.9 Å². The second-order valence-corrected chi connectivity index (χ2v) is 13.7. The molecule has 3 amide bonds. The zero-order valence-corrected chi connectivity index (χ0v) is 27.1. The van der Waals surface area contributed by atoms with Crippen LogP contribution in [0.3, 0.4) is 0 Å². The maximum Gasteiger partial charge on any atom is 0.410 e. The van der Waals surface area contributed by atoms with Gasteiger partial charge in [-0.25, -0.2) is 14.4 Å². The molecule has 0 radical (unpaired) electrons. The fourth-order valence-corrected chi connectivity index (χ4v) is 6.90. The van der Waals surface area contributed by atoms with Crippen LogP contribution in [0, 0.1) is 11.3 Å². The molecule has 46 heavy (non-hydrogen) atoms. The number of carbonyl (C=O) groups excluding carboxylic acids is 3. The number of aromatic carboxylic acids is 2. The van der Waals surface area contributed by atoms with Crippen molar-refractivity contribution >= 4 is 63.6 Å². The first kappa shape index (κ1) is 34.0. The van der Waals surface area contributed by atoms with Crippen molar-refractivity contribution in [2.24, 2.45) is 0 Å². The van der Waals surface area contributed by atoms with Crippen molar-refractivity contribution in [1.29, 1.82) is 5.26 Å². The number of anilines is 2. The lowest BCUT2D eigenvalue weighted by atomic mass is 10.0. The first-order valence-electron chi connectivity index (χ1n) is 14.2. The first-order chi connectivity index (χ1) is 21.7. The molecule has 4 rings (SSSR count). The van der Waals surface area contributed by atoms with E-state index in [4.69, 9.17) is 9.84 Å². The van der Waals surface area contributed by atoms with Gasteiger partial charge in [-0.05, 0) is 75.6 Å². The Balaban J connectivity index is 1.46. The summed E-state index contributed by atoms with van der Waals surface area (Å²) in [7, 11) is 0. The maximum absolute atomic E-state index is 13.4. The zero-order chi connectivity index (χ0) is 33.8. The number of nitrogens with zero attached hydrogens (tertiary/aromatic N) is 2. The standard InChI is InChI=1S/C32H32N4O8S2/c1-5-24(27(38)35-28-23(15-33)20-11-12-36(16-25(20)46-28)31(43)44-32(2,3)4)45-19-8-6-7-18(14-19)34-26(37)21-10-9-17(29(39)40)13-22(21)30(41)42/h6-10,13-14,24H,5,11-12,16H2,1-4H3,(H,34,37)(H,35,38)(H,39,40)(H,41,42). The van der Waals surface area contributed by atoms with Gasteiger partial charge in [-0.1, -0.05) is 13.0 Å². The Labute approximate surface area is 273 Å². The van der Waals surface area contributed by atoms with Crippen molar-refractivity contribution in [2.45, 2.75) is 62.8 Å². The molecule has 14 heteroatoms. The Kier molecular flexibility index (Phi) is 10.4. The van der Waals surface area contributed by atoms with Crippen LogP contribution < -0.4 is 10.6 Å². The van der Waals surface area contributed by atoms with Gasteiger partial charge in [0.2, 0.25) is 5.91 Å². The monoisotopic (exact) mass is 664 g/mol. The van der Waals surface area contributed by atoms with E-state index in [0.717, 1.165) is 28.6 Å². The number of carboxylic acids is 2. The van der Waals surface area contributed by atoms with Crippen molar-refractivity contribution in [3.63, 3.8) is 0 Å². The van der Waals surface area contributed by atoms with E-state index in [9.17, 15) is 34.3 Å². The number of benzene rings is 2. The van der Waals surface area contributed by atoms with Crippen LogP contribution in [0.4, 0.5) is 15.5 Å². The lowest BCUT2D eigenvalue weighted by Gasteiger charge is -2.29. The maximum atomic E-state index is 13.4. The van der Waals surface area contributed by atoms with E-state index in [1.165, 1.54) is 23.1 Å². The predicted octanol–water partition coefficient (Wildman–Crippen LogP) is 6.07. The minimum absolute atomic E-state index is 0.206. The van der Waals surface area contributed by atoms with Crippen LogP contribution >= 0.6 is 23.1 Å². The molecule has 1 aliphatic rings. The second kappa shape index (κ2) is 14.1. The van der Waals surface area contributed by atoms with E-state index in [-0.39, 0.29) is 23.6 Å². The molecule has 2 heterocycles. The molecule has 1 unspecified atom stereocenters. The van der Waals surface area contributed by atoms with Gasteiger partial charge in [0.1, 0.15) is 16.7 Å². The highest BCUT2D eigenvalue weighted by atomic mass is 32.2. The minimum Gasteiger partial charge on any atom is -0.478 e. The average molecular weight is 665 g/mol. The third kappa shape index (κ3) is 8.04. The first-order valence-corrected chi connectivity index (χ1v) is 15.9. The quantitative estimate of drug-likeness (QED) is 0.196. The lowest BCUT2D eigenvalue weighted by molar-refractivity contribution is -0.115. The van der Waals surface area contributed by atoms with Crippen LogP contribution in [0.25, 0.3) is 0 Å². The number of ether oxygens (including phenoxy) is 1. The Bertz CT molecular complexity index is 1760. The third-order valence-electron chi connectivity index (χ3n) is 6.83. The lowest BCUT2D eigenvalue weighted by Crippen LogP contribution is -2.39. The van der Waals surface area contributed by atoms with Crippen molar-refractivity contribution in [3.05, 3.63) is 75.2 Å². The number of amides is 3. The molecular weight excluding hydrogens is 633 g/mol. The van der Waals surface area contributed by atoms with Gasteiger partial charge in [0, 0.05) is 22.0 Å². The van der Waals surface area contributed by atoms with E-state index < -0.39 is 40.4 Å². The average Bonchev–Trinajstić information content (AvgIpc) is 3.34. The molecule has 0 fully saturated rings. The van der Waals surface area contributed by atoms with Gasteiger partial charge >= 0.3 is 18.0 Å². The number of nitrogens with one attached hydrogen (secondary N) is 2. The molecule has 0 saturated carbocycles. The molecular formula is C32H32N4O8S2. The zero-order valence-electron chi connectivity index (χ0n) is 25.5. The molecule has 240 valence electrons. The Hall–Kier alpha value is -4.87. The number of carbonyl (C=O) groups is 5. The van der Waals surface area contributed by atoms with E-state index in [1.807, 2.05) is 6.92 Å². The molecule has 12 nitrogen and oxygen atoms in total. The third-order valence-corrected chi connectivity index (χ3v) is 9.32. The summed E-state index contributed by atoms with van der Waals surface area (Å²) < 4.78 is 5.49. The smallest absolute Gasteiger partial charge is 0.410 e. The number of fused-ring (bicyclic) bond motifs is 1. The molecule has 2 aromatic carbocycles. The molecule has 1 aromatic heterocycles. The number of thioether (sulfide) groups is 1. The number of thiophene rings is 1. The van der Waals surface area contributed by atoms with Crippen LogP contribution in [-0.2, 0) is 22.5 Å². The van der Waals surface area contributed by atoms with Crippen LogP contribution in [0.15, 0.2) is 47.4 Å². The van der Waals surface area contributed by atoms with Gasteiger partial charge in [-0.2, -0.15) is 5.26 Å². The summed E-state index contributed by atoms with van der Waals surface area (Å²) in [6.45, 7) is 7.90. The molecule has 0 bridgehead atoms. The normalized spacial score (nSPS) is 13.2. The topological polar surface area (TPSA) is 186 Å². The summed E-state index contributed by atoms with van der Waals surface area (Å²) >= 11 is 2.52. The van der Waals surface area contributed by atoms with E-state index >= 15 is 0 Å². The number of hydrogen-bond acceptors (Lipinski definition) is 9. The van der Waals surface area contributed by atoms with Gasteiger partial charge in [0.15, 0.2) is 0 Å². The molecule has 4 N–H and O–H groups in total. The van der Waals surface area contributed by atoms with Crippen molar-refractivity contribution in [1.82, 2.24) is 4.90 Å². The molecule has 0 saturated heterocycles. The summed E-state index contributed by atoms with van der Waals surface area (Å²) in [6.07, 6.45) is 0.478. The van der Waals surface area contributed by atoms with E-state index in [0.29, 0.717) is 40.5 Å². The highest BCUT2D eigenvalue weighted by molar-refractivity contribution is 8.00. The minimum atomic E-state index is -1.44. The van der Waals surface area contributed by atoms with Crippen LogP contribution in [-0.4, -0.2) is 62.4 Å². The summed E-state index contributed by atoms with van der Waals surface area (Å²) in [5, 5.41) is 34.0. The SMILES string of the molecule is CCC(Sc1cccc(NC(=O)c2ccc(C(=O)O)cc2C(=O)O)c1)C(=O)Nc1sc2c(c1C#N)CCN(C(=O)OC(C)(C)C)C2. The van der Waals surface area contributed by atoms with Crippen LogP contribution in [0.2, 0.25) is 0 Å². The van der Waals surface area contributed by atoms with Crippen molar-refractivity contribution in [3.8, 4) is 6.07 Å². The Morgan fingerprint density at radius 1 is 1.07 bits per heavy atom. The molecule has 3 aromatic rings. The molecule has 1 atom stereocenters. The summed E-state index contributed by atoms with van der Waals surface area (Å²) in [6, 6.07) is 12.1. The van der Waals surface area contributed by atoms with Crippen LogP contribution in [0.1, 0.15) is 81.2 Å². The number of nitriles is 1. The Morgan fingerprint density at radius 3 is 2.43 bits per heavy atom. The van der Waals surface area contributed by atoms with Gasteiger partial charge in [0.25, 0.3) is 5.91 Å². The van der Waals surface area contributed by atoms with Crippen molar-refractivity contribution < 1.29 is 38.9 Å². The van der Waals surface area contributed by atoms with Gasteiger partial charge in [-0.15, -0.1) is 23.1 Å². The molecule has 1 aliphatic heterocycles. The van der Waals surface area contributed by atoms with Gasteiger partial charge in [-0.3, -0.25) is 9.59 Å². The molecule has 0 spiro atoms. The fraction of sp³-hybridized carbons (Fsp3) is 0.312. The van der Waals surface area contributed by atoms with Gasteiger partial charge < -0.3 is 30.5 Å². The van der Waals surface area contributed by atoms with Crippen molar-refractivity contribution in [2.75, 3.05) is 17.2 Å². The second-order valence-electron chi connectivity index (χ2n) is 11.3. The summed E-state index contributed by atoms with van der Waals surface area (Å²) in [5.41, 5.74) is -0.00628. The summed E-state index contributed by atoms with van der Waals surface area (Å²) in [4.78, 5) is 64.9. The summed E-state index contributed by atoms with van der Waals surface area (Å²) in [5.74, 6) is -3.82. The number of hydrogen-bond donors (Lipinski definition) is 4. The number of carboxylic acid groups (broad SMARTS) is 2. The number of rotatable bonds is 9. The highest BCUT2D eigenvalue weighted by Gasteiger charge is 2.31. The van der Waals surface area contributed by atoms with Gasteiger partial charge in [0.05, 0.1) is 34.0 Å². The molecule has 0 aliphatic carbocycles. The highest BCUT2D eigenvalue weighted by Crippen LogP contribution is 2.38. The largest absolute Gasteiger partial charge is 0.478 e. The Morgan fingerprint density at radius 2 is 1.80 bits per heavy atom. The fourth-order valence-electron chi connectivity index (χ4n) is 4.67. The predicted molar refractivity (Wildman–Crippen MR) is 173 cm³/mol. The van der Waals surface area contributed by atoms with Crippen LogP contribution in [0.5, 0.6) is 0 Å².